The Morgan fingerprint density at radius 1 is 1.36 bits per heavy atom. The van der Waals surface area contributed by atoms with Crippen LogP contribution in [0.15, 0.2) is 23.2 Å². The standard InChI is InChI=1S/C10H9F2NO/c1-10(2,13-6-14)8-4-3-7(11)5-9(8)12/h3-5H,1-2H3. The van der Waals surface area contributed by atoms with E-state index in [9.17, 15) is 13.6 Å². The smallest absolute Gasteiger partial charge is 0.211 e. The van der Waals surface area contributed by atoms with E-state index in [4.69, 9.17) is 0 Å². The van der Waals surface area contributed by atoms with Crippen molar-refractivity contribution in [2.75, 3.05) is 0 Å². The molecule has 0 bridgehead atoms. The van der Waals surface area contributed by atoms with Crippen molar-refractivity contribution in [1.29, 1.82) is 0 Å². The molecule has 4 heteroatoms. The van der Waals surface area contributed by atoms with Crippen LogP contribution in [0, 0.1) is 11.6 Å². The van der Waals surface area contributed by atoms with Gasteiger partial charge in [0.1, 0.15) is 11.6 Å². The largest absolute Gasteiger partial charge is 0.235 e. The summed E-state index contributed by atoms with van der Waals surface area (Å²) < 4.78 is 25.8. The molecule has 1 aromatic carbocycles. The first-order valence-corrected chi connectivity index (χ1v) is 4.02. The summed E-state index contributed by atoms with van der Waals surface area (Å²) in [5.41, 5.74) is -0.846. The summed E-state index contributed by atoms with van der Waals surface area (Å²) in [5, 5.41) is 0. The van der Waals surface area contributed by atoms with Crippen molar-refractivity contribution in [2.24, 2.45) is 4.99 Å². The van der Waals surface area contributed by atoms with E-state index in [0.717, 1.165) is 12.1 Å². The van der Waals surface area contributed by atoms with Crippen LogP contribution >= 0.6 is 0 Å². The van der Waals surface area contributed by atoms with Gasteiger partial charge in [-0.1, -0.05) is 6.07 Å². The molecule has 0 N–H and O–H groups in total. The maximum atomic E-state index is 13.2. The van der Waals surface area contributed by atoms with Gasteiger partial charge in [-0.25, -0.2) is 13.6 Å². The molecule has 0 aliphatic heterocycles. The summed E-state index contributed by atoms with van der Waals surface area (Å²) in [4.78, 5) is 13.5. The van der Waals surface area contributed by atoms with E-state index < -0.39 is 17.2 Å². The van der Waals surface area contributed by atoms with E-state index in [1.807, 2.05) is 0 Å². The molecule has 0 unspecified atom stereocenters. The lowest BCUT2D eigenvalue weighted by Gasteiger charge is -2.18. The summed E-state index contributed by atoms with van der Waals surface area (Å²) in [7, 11) is 0. The number of isocyanates is 1. The van der Waals surface area contributed by atoms with Gasteiger partial charge in [-0.15, -0.1) is 0 Å². The molecule has 0 saturated heterocycles. The van der Waals surface area contributed by atoms with Gasteiger partial charge in [0, 0.05) is 11.6 Å². The van der Waals surface area contributed by atoms with E-state index >= 15 is 0 Å². The third-order valence-corrected chi connectivity index (χ3v) is 1.92. The average molecular weight is 197 g/mol. The predicted octanol–water partition coefficient (Wildman–Crippen LogP) is 2.54. The highest BCUT2D eigenvalue weighted by atomic mass is 19.1. The number of hydrogen-bond acceptors (Lipinski definition) is 2. The van der Waals surface area contributed by atoms with Crippen LogP contribution in [0.5, 0.6) is 0 Å². The SMILES string of the molecule is CC(C)(N=C=O)c1ccc(F)cc1F. The summed E-state index contributed by atoms with van der Waals surface area (Å²) in [5.74, 6) is -1.37. The highest BCUT2D eigenvalue weighted by molar-refractivity contribution is 5.37. The van der Waals surface area contributed by atoms with Gasteiger partial charge in [0.2, 0.25) is 6.08 Å². The average Bonchev–Trinajstić information content (AvgIpc) is 2.02. The second-order valence-electron chi connectivity index (χ2n) is 3.39. The second-order valence-corrected chi connectivity index (χ2v) is 3.39. The quantitative estimate of drug-likeness (QED) is 0.529. The minimum atomic E-state index is -1.01. The molecule has 0 saturated carbocycles. The molecule has 74 valence electrons. The lowest BCUT2D eigenvalue weighted by atomic mass is 9.95. The van der Waals surface area contributed by atoms with Crippen LogP contribution in [-0.4, -0.2) is 6.08 Å². The van der Waals surface area contributed by atoms with Crippen molar-refractivity contribution in [3.63, 3.8) is 0 Å². The normalized spacial score (nSPS) is 10.9. The van der Waals surface area contributed by atoms with Crippen molar-refractivity contribution in [3.8, 4) is 0 Å². The fraction of sp³-hybridized carbons (Fsp3) is 0.300. The molecule has 1 rings (SSSR count). The molecule has 0 spiro atoms. The first-order chi connectivity index (χ1) is 6.47. The van der Waals surface area contributed by atoms with Gasteiger partial charge in [-0.2, -0.15) is 4.99 Å². The number of aliphatic imine (C=N–C) groups is 1. The van der Waals surface area contributed by atoms with Gasteiger partial charge < -0.3 is 0 Å². The fourth-order valence-corrected chi connectivity index (χ4v) is 1.16. The van der Waals surface area contributed by atoms with E-state index in [1.165, 1.54) is 12.1 Å². The van der Waals surface area contributed by atoms with Crippen molar-refractivity contribution >= 4 is 6.08 Å². The molecule has 0 aliphatic rings. The first-order valence-electron chi connectivity index (χ1n) is 4.02. The van der Waals surface area contributed by atoms with Crippen LogP contribution in [0.1, 0.15) is 19.4 Å². The van der Waals surface area contributed by atoms with E-state index in [2.05, 4.69) is 4.99 Å². The van der Waals surface area contributed by atoms with Crippen LogP contribution in [0.2, 0.25) is 0 Å². The number of carbonyl (C=O) groups excluding carboxylic acids is 1. The Kier molecular flexibility index (Phi) is 2.77. The number of nitrogens with zero attached hydrogens (tertiary/aromatic N) is 1. The van der Waals surface area contributed by atoms with Gasteiger partial charge >= 0.3 is 0 Å². The molecular formula is C10H9F2NO. The van der Waals surface area contributed by atoms with Crippen LogP contribution < -0.4 is 0 Å². The monoisotopic (exact) mass is 197 g/mol. The Balaban J connectivity index is 3.25. The Hall–Kier alpha value is -1.54. The number of rotatable bonds is 2. The Bertz CT molecular complexity index is 395. The van der Waals surface area contributed by atoms with Crippen LogP contribution in [0.25, 0.3) is 0 Å². The van der Waals surface area contributed by atoms with E-state index in [0.29, 0.717) is 0 Å². The number of benzene rings is 1. The Morgan fingerprint density at radius 3 is 2.50 bits per heavy atom. The summed E-state index contributed by atoms with van der Waals surface area (Å²) >= 11 is 0. The molecule has 0 aromatic heterocycles. The minimum absolute atomic E-state index is 0.169. The van der Waals surface area contributed by atoms with Crippen LogP contribution in [-0.2, 0) is 10.3 Å². The summed E-state index contributed by atoms with van der Waals surface area (Å²) in [6.07, 6.45) is 1.36. The van der Waals surface area contributed by atoms with Crippen LogP contribution in [0.3, 0.4) is 0 Å². The van der Waals surface area contributed by atoms with Crippen molar-refractivity contribution in [2.45, 2.75) is 19.4 Å². The third kappa shape index (κ3) is 2.03. The Morgan fingerprint density at radius 2 is 2.00 bits per heavy atom. The van der Waals surface area contributed by atoms with Gasteiger partial charge in [-0.3, -0.25) is 0 Å². The fourth-order valence-electron chi connectivity index (χ4n) is 1.16. The molecule has 0 fully saturated rings. The van der Waals surface area contributed by atoms with Crippen molar-refractivity contribution < 1.29 is 13.6 Å². The third-order valence-electron chi connectivity index (χ3n) is 1.92. The molecule has 0 aliphatic carbocycles. The molecule has 0 amide bonds. The highest BCUT2D eigenvalue weighted by Crippen LogP contribution is 2.26. The van der Waals surface area contributed by atoms with E-state index in [-0.39, 0.29) is 5.56 Å². The minimum Gasteiger partial charge on any atom is -0.211 e. The molecule has 0 radical (unpaired) electrons. The first kappa shape index (κ1) is 10.5. The van der Waals surface area contributed by atoms with Crippen molar-refractivity contribution in [1.82, 2.24) is 0 Å². The summed E-state index contributed by atoms with van der Waals surface area (Å²) in [6.45, 7) is 3.10. The van der Waals surface area contributed by atoms with Crippen molar-refractivity contribution in [3.05, 3.63) is 35.4 Å². The van der Waals surface area contributed by atoms with Gasteiger partial charge in [0.25, 0.3) is 0 Å². The number of hydrogen-bond donors (Lipinski definition) is 0. The zero-order valence-corrected chi connectivity index (χ0v) is 7.84. The van der Waals surface area contributed by atoms with Gasteiger partial charge in [0.05, 0.1) is 5.54 Å². The zero-order valence-electron chi connectivity index (χ0n) is 7.84. The van der Waals surface area contributed by atoms with Gasteiger partial charge in [0.15, 0.2) is 0 Å². The topological polar surface area (TPSA) is 29.4 Å². The lowest BCUT2D eigenvalue weighted by Crippen LogP contribution is -2.15. The maximum Gasteiger partial charge on any atom is 0.235 e. The molecule has 1 aromatic rings. The zero-order chi connectivity index (χ0) is 10.8. The Labute approximate surface area is 80.3 Å². The van der Waals surface area contributed by atoms with Gasteiger partial charge in [-0.05, 0) is 19.9 Å². The number of halogens is 2. The maximum absolute atomic E-state index is 13.2. The highest BCUT2D eigenvalue weighted by Gasteiger charge is 2.23. The predicted molar refractivity (Wildman–Crippen MR) is 47.5 cm³/mol. The molecule has 0 heterocycles. The lowest BCUT2D eigenvalue weighted by molar-refractivity contribution is 0.486. The van der Waals surface area contributed by atoms with Crippen LogP contribution in [0.4, 0.5) is 8.78 Å². The summed E-state index contributed by atoms with van der Waals surface area (Å²) in [6, 6.07) is 3.16. The molecule has 14 heavy (non-hydrogen) atoms. The molecular weight excluding hydrogens is 188 g/mol. The second kappa shape index (κ2) is 3.68. The molecule has 2 nitrogen and oxygen atoms in total. The van der Waals surface area contributed by atoms with E-state index in [1.54, 1.807) is 13.8 Å². The molecule has 0 atom stereocenters.